The lowest BCUT2D eigenvalue weighted by molar-refractivity contribution is -0.128. The lowest BCUT2D eigenvalue weighted by Crippen LogP contribution is -2.37. The molecule has 134 valence electrons. The van der Waals surface area contributed by atoms with Gasteiger partial charge in [-0.3, -0.25) is 9.59 Å². The maximum atomic E-state index is 11.8. The first-order valence-corrected chi connectivity index (χ1v) is 8.49. The van der Waals surface area contributed by atoms with Gasteiger partial charge < -0.3 is 15.7 Å². The van der Waals surface area contributed by atoms with Gasteiger partial charge in [-0.05, 0) is 22.4 Å². The van der Waals surface area contributed by atoms with Crippen molar-refractivity contribution in [3.63, 3.8) is 0 Å². The van der Waals surface area contributed by atoms with Gasteiger partial charge in [0, 0.05) is 24.9 Å². The van der Waals surface area contributed by atoms with Crippen molar-refractivity contribution in [1.82, 2.24) is 10.6 Å². The summed E-state index contributed by atoms with van der Waals surface area (Å²) in [7, 11) is 0. The number of rotatable bonds is 6. The highest BCUT2D eigenvalue weighted by Crippen LogP contribution is 2.20. The zero-order valence-electron chi connectivity index (χ0n) is 15.0. The van der Waals surface area contributed by atoms with Crippen molar-refractivity contribution in [3.8, 4) is 0 Å². The molecular formula is C20H26N2O3. The average molecular weight is 342 g/mol. The van der Waals surface area contributed by atoms with Crippen LogP contribution in [0.15, 0.2) is 42.5 Å². The van der Waals surface area contributed by atoms with Gasteiger partial charge in [-0.1, -0.05) is 57.2 Å². The van der Waals surface area contributed by atoms with E-state index in [0.29, 0.717) is 0 Å². The molecule has 25 heavy (non-hydrogen) atoms. The number of benzene rings is 2. The van der Waals surface area contributed by atoms with E-state index in [-0.39, 0.29) is 31.3 Å². The number of nitrogens with one attached hydrogen (secondary N) is 2. The van der Waals surface area contributed by atoms with Crippen LogP contribution >= 0.6 is 0 Å². The van der Waals surface area contributed by atoms with E-state index < -0.39 is 11.5 Å². The second-order valence-electron chi connectivity index (χ2n) is 7.18. The maximum absolute atomic E-state index is 11.8. The molecule has 0 aliphatic carbocycles. The molecule has 0 spiro atoms. The molecule has 0 radical (unpaired) electrons. The molecule has 5 nitrogen and oxygen atoms in total. The van der Waals surface area contributed by atoms with Crippen molar-refractivity contribution >= 4 is 22.6 Å². The molecule has 0 heterocycles. The molecule has 2 aromatic carbocycles. The summed E-state index contributed by atoms with van der Waals surface area (Å²) in [6.45, 7) is 5.89. The van der Waals surface area contributed by atoms with Crippen molar-refractivity contribution < 1.29 is 14.7 Å². The molecule has 0 fully saturated rings. The molecule has 3 N–H and O–H groups in total. The summed E-state index contributed by atoms with van der Waals surface area (Å²) in [5.41, 5.74) is 0.294. The fourth-order valence-corrected chi connectivity index (χ4v) is 2.39. The van der Waals surface area contributed by atoms with Crippen LogP contribution in [-0.4, -0.2) is 30.0 Å². The molecule has 1 atom stereocenters. The van der Waals surface area contributed by atoms with E-state index >= 15 is 0 Å². The third kappa shape index (κ3) is 5.57. The smallest absolute Gasteiger partial charge is 0.225 e. The zero-order valence-corrected chi connectivity index (χ0v) is 15.0. The third-order valence-corrected chi connectivity index (χ3v) is 3.97. The van der Waals surface area contributed by atoms with Crippen molar-refractivity contribution in [2.75, 3.05) is 13.1 Å². The van der Waals surface area contributed by atoms with Crippen LogP contribution in [0.5, 0.6) is 0 Å². The number of hydrogen-bond donors (Lipinski definition) is 3. The third-order valence-electron chi connectivity index (χ3n) is 3.97. The summed E-state index contributed by atoms with van der Waals surface area (Å²) < 4.78 is 0. The van der Waals surface area contributed by atoms with Gasteiger partial charge in [0.15, 0.2) is 0 Å². The summed E-state index contributed by atoms with van der Waals surface area (Å²) >= 11 is 0. The number of amides is 2. The van der Waals surface area contributed by atoms with Gasteiger partial charge in [0.05, 0.1) is 6.10 Å². The van der Waals surface area contributed by atoms with E-state index in [2.05, 4.69) is 10.6 Å². The van der Waals surface area contributed by atoms with Gasteiger partial charge >= 0.3 is 0 Å². The van der Waals surface area contributed by atoms with Crippen LogP contribution in [0.2, 0.25) is 0 Å². The monoisotopic (exact) mass is 342 g/mol. The Morgan fingerprint density at radius 1 is 1.04 bits per heavy atom. The topological polar surface area (TPSA) is 78.4 Å². The Hall–Kier alpha value is -2.40. The normalized spacial score (nSPS) is 12.6. The summed E-state index contributed by atoms with van der Waals surface area (Å²) in [5, 5.41) is 17.9. The minimum Gasteiger partial charge on any atom is -0.387 e. The highest BCUT2D eigenvalue weighted by atomic mass is 16.3. The SMILES string of the molecule is CC(C)(C)C(=O)NCCC(=O)NC[C@@H](O)c1ccc2ccccc2c1. The van der Waals surface area contributed by atoms with Crippen LogP contribution in [0, 0.1) is 5.41 Å². The van der Waals surface area contributed by atoms with Gasteiger partial charge in [0.25, 0.3) is 0 Å². The average Bonchev–Trinajstić information content (AvgIpc) is 2.58. The van der Waals surface area contributed by atoms with Crippen molar-refractivity contribution in [2.45, 2.75) is 33.3 Å². The Kier molecular flexibility index (Phi) is 6.15. The summed E-state index contributed by atoms with van der Waals surface area (Å²) in [4.78, 5) is 23.6. The Morgan fingerprint density at radius 3 is 2.40 bits per heavy atom. The number of aliphatic hydroxyl groups excluding tert-OH is 1. The summed E-state index contributed by atoms with van der Waals surface area (Å²) in [6, 6.07) is 13.7. The predicted octanol–water partition coefficient (Wildman–Crippen LogP) is 2.54. The van der Waals surface area contributed by atoms with E-state index in [1.807, 2.05) is 63.2 Å². The van der Waals surface area contributed by atoms with Crippen LogP contribution in [0.25, 0.3) is 10.8 Å². The summed E-state index contributed by atoms with van der Waals surface area (Å²) in [6.07, 6.45) is -0.579. The Balaban J connectivity index is 1.79. The molecule has 0 saturated carbocycles. The number of aliphatic hydroxyl groups is 1. The number of carbonyl (C=O) groups excluding carboxylic acids is 2. The Morgan fingerprint density at radius 2 is 1.72 bits per heavy atom. The summed E-state index contributed by atoms with van der Waals surface area (Å²) in [5.74, 6) is -0.287. The zero-order chi connectivity index (χ0) is 18.4. The largest absolute Gasteiger partial charge is 0.387 e. The van der Waals surface area contributed by atoms with Gasteiger partial charge in [-0.15, -0.1) is 0 Å². The maximum Gasteiger partial charge on any atom is 0.225 e. The van der Waals surface area contributed by atoms with Crippen LogP contribution in [-0.2, 0) is 9.59 Å². The molecule has 0 aromatic heterocycles. The standard InChI is InChI=1S/C20H26N2O3/c1-20(2,3)19(25)21-11-10-18(24)22-13-17(23)16-9-8-14-6-4-5-7-15(14)12-16/h4-9,12,17,23H,10-11,13H2,1-3H3,(H,21,25)(H,22,24)/t17-/m1/s1. The van der Waals surface area contributed by atoms with E-state index in [4.69, 9.17) is 0 Å². The minimum atomic E-state index is -0.766. The second kappa shape index (κ2) is 8.12. The molecule has 5 heteroatoms. The molecule has 0 aliphatic rings. The van der Waals surface area contributed by atoms with Crippen molar-refractivity contribution in [2.24, 2.45) is 5.41 Å². The minimum absolute atomic E-state index is 0.0866. The van der Waals surface area contributed by atoms with Gasteiger partial charge in [0.2, 0.25) is 11.8 Å². The van der Waals surface area contributed by atoms with Crippen LogP contribution in [0.1, 0.15) is 38.9 Å². The molecule has 0 unspecified atom stereocenters. The molecule has 2 rings (SSSR count). The highest BCUT2D eigenvalue weighted by Gasteiger charge is 2.20. The predicted molar refractivity (Wildman–Crippen MR) is 99.0 cm³/mol. The van der Waals surface area contributed by atoms with E-state index in [1.165, 1.54) is 0 Å². The fourth-order valence-electron chi connectivity index (χ4n) is 2.39. The lowest BCUT2D eigenvalue weighted by Gasteiger charge is -2.17. The first kappa shape index (κ1) is 18.9. The number of fused-ring (bicyclic) bond motifs is 1. The quantitative estimate of drug-likeness (QED) is 0.755. The second-order valence-corrected chi connectivity index (χ2v) is 7.18. The van der Waals surface area contributed by atoms with Crippen molar-refractivity contribution in [1.29, 1.82) is 0 Å². The van der Waals surface area contributed by atoms with E-state index in [0.717, 1.165) is 16.3 Å². The van der Waals surface area contributed by atoms with Gasteiger partial charge in [0.1, 0.15) is 0 Å². The Labute approximate surface area is 148 Å². The van der Waals surface area contributed by atoms with Crippen molar-refractivity contribution in [3.05, 3.63) is 48.0 Å². The molecular weight excluding hydrogens is 316 g/mol. The van der Waals surface area contributed by atoms with Crippen LogP contribution in [0.4, 0.5) is 0 Å². The van der Waals surface area contributed by atoms with Gasteiger partial charge in [-0.2, -0.15) is 0 Å². The van der Waals surface area contributed by atoms with Gasteiger partial charge in [-0.25, -0.2) is 0 Å². The van der Waals surface area contributed by atoms with Crippen LogP contribution in [0.3, 0.4) is 0 Å². The lowest BCUT2D eigenvalue weighted by atomic mass is 9.96. The van der Waals surface area contributed by atoms with E-state index in [1.54, 1.807) is 0 Å². The molecule has 0 bridgehead atoms. The number of carbonyl (C=O) groups is 2. The number of hydrogen-bond acceptors (Lipinski definition) is 3. The van der Waals surface area contributed by atoms with E-state index in [9.17, 15) is 14.7 Å². The Bertz CT molecular complexity index is 750. The molecule has 0 saturated heterocycles. The highest BCUT2D eigenvalue weighted by molar-refractivity contribution is 5.83. The molecule has 0 aliphatic heterocycles. The first-order valence-electron chi connectivity index (χ1n) is 8.49. The van der Waals surface area contributed by atoms with Crippen LogP contribution < -0.4 is 10.6 Å². The first-order chi connectivity index (χ1) is 11.8. The fraction of sp³-hybridized carbons (Fsp3) is 0.400. The molecule has 2 aromatic rings. The molecule has 2 amide bonds.